The molecule has 1 unspecified atom stereocenters. The second-order valence-electron chi connectivity index (χ2n) is 3.35. The van der Waals surface area contributed by atoms with E-state index in [0.717, 1.165) is 28.6 Å². The van der Waals surface area contributed by atoms with E-state index in [2.05, 4.69) is 21.2 Å². The Kier molecular flexibility index (Phi) is 2.39. The first-order chi connectivity index (χ1) is 6.20. The van der Waals surface area contributed by atoms with Crippen molar-refractivity contribution in [2.75, 3.05) is 6.54 Å². The first-order valence-corrected chi connectivity index (χ1v) is 5.19. The zero-order valence-corrected chi connectivity index (χ0v) is 8.99. The van der Waals surface area contributed by atoms with Gasteiger partial charge < -0.3 is 5.32 Å². The maximum Gasteiger partial charge on any atom is 0.128 e. The first-order valence-electron chi connectivity index (χ1n) is 4.40. The van der Waals surface area contributed by atoms with Gasteiger partial charge in [-0.3, -0.25) is 0 Å². The predicted molar refractivity (Wildman–Crippen MR) is 54.2 cm³/mol. The van der Waals surface area contributed by atoms with Crippen molar-refractivity contribution in [3.63, 3.8) is 0 Å². The summed E-state index contributed by atoms with van der Waals surface area (Å²) < 4.78 is 14.5. The van der Waals surface area contributed by atoms with Crippen LogP contribution in [0.3, 0.4) is 0 Å². The molecule has 13 heavy (non-hydrogen) atoms. The summed E-state index contributed by atoms with van der Waals surface area (Å²) in [5, 5.41) is 3.25. The van der Waals surface area contributed by atoms with E-state index < -0.39 is 0 Å². The molecule has 1 aliphatic rings. The average Bonchev–Trinajstić information content (AvgIpc) is 2.12. The molecular formula is C10H11BrFN. The minimum Gasteiger partial charge on any atom is -0.310 e. The number of halogens is 2. The van der Waals surface area contributed by atoms with Gasteiger partial charge in [0.2, 0.25) is 0 Å². The largest absolute Gasteiger partial charge is 0.310 e. The molecule has 2 rings (SSSR count). The van der Waals surface area contributed by atoms with Crippen molar-refractivity contribution >= 4 is 15.9 Å². The number of hydrogen-bond acceptors (Lipinski definition) is 1. The fraction of sp³-hybridized carbons (Fsp3) is 0.400. The molecule has 0 aliphatic carbocycles. The van der Waals surface area contributed by atoms with Crippen molar-refractivity contribution in [1.29, 1.82) is 0 Å². The minimum atomic E-state index is -0.0992. The summed E-state index contributed by atoms with van der Waals surface area (Å²) in [5.41, 5.74) is 1.94. The second-order valence-corrected chi connectivity index (χ2v) is 4.20. The van der Waals surface area contributed by atoms with Crippen LogP contribution in [0.2, 0.25) is 0 Å². The minimum absolute atomic E-state index is 0.0992. The summed E-state index contributed by atoms with van der Waals surface area (Å²) in [7, 11) is 0. The summed E-state index contributed by atoms with van der Waals surface area (Å²) in [6.07, 6.45) is 0.901. The van der Waals surface area contributed by atoms with Gasteiger partial charge in [0.15, 0.2) is 0 Å². The molecule has 1 nitrogen and oxygen atoms in total. The van der Waals surface area contributed by atoms with Crippen molar-refractivity contribution in [2.24, 2.45) is 0 Å². The number of hydrogen-bond donors (Lipinski definition) is 1. The lowest BCUT2D eigenvalue weighted by atomic mass is 9.95. The van der Waals surface area contributed by atoms with Crippen LogP contribution in [0, 0.1) is 5.82 Å². The molecule has 1 atom stereocenters. The fourth-order valence-corrected chi connectivity index (χ4v) is 2.39. The Morgan fingerprint density at radius 1 is 1.54 bits per heavy atom. The molecule has 0 saturated carbocycles. The number of rotatable bonds is 0. The maximum atomic E-state index is 13.4. The molecule has 0 bridgehead atoms. The predicted octanol–water partition coefficient (Wildman–Crippen LogP) is 2.79. The Bertz CT molecular complexity index is 338. The van der Waals surface area contributed by atoms with Crippen molar-refractivity contribution in [3.05, 3.63) is 33.5 Å². The van der Waals surface area contributed by atoms with Crippen LogP contribution < -0.4 is 5.32 Å². The number of benzene rings is 1. The van der Waals surface area contributed by atoms with Gasteiger partial charge >= 0.3 is 0 Å². The summed E-state index contributed by atoms with van der Waals surface area (Å²) >= 11 is 3.45. The summed E-state index contributed by atoms with van der Waals surface area (Å²) in [6, 6.07) is 3.43. The SMILES string of the molecule is CC1NCCc2c(Br)ccc(F)c21. The van der Waals surface area contributed by atoms with E-state index in [4.69, 9.17) is 0 Å². The van der Waals surface area contributed by atoms with Gasteiger partial charge in [0.05, 0.1) is 0 Å². The van der Waals surface area contributed by atoms with E-state index in [-0.39, 0.29) is 11.9 Å². The van der Waals surface area contributed by atoms with Gasteiger partial charge in [0.1, 0.15) is 5.82 Å². The molecule has 1 aromatic carbocycles. The molecule has 1 N–H and O–H groups in total. The number of nitrogens with one attached hydrogen (secondary N) is 1. The highest BCUT2D eigenvalue weighted by atomic mass is 79.9. The van der Waals surface area contributed by atoms with Crippen LogP contribution in [-0.4, -0.2) is 6.54 Å². The Hall–Kier alpha value is -0.410. The third-order valence-electron chi connectivity index (χ3n) is 2.51. The third-order valence-corrected chi connectivity index (χ3v) is 3.25. The van der Waals surface area contributed by atoms with Gasteiger partial charge in [-0.2, -0.15) is 0 Å². The zero-order valence-electron chi connectivity index (χ0n) is 7.40. The van der Waals surface area contributed by atoms with Crippen LogP contribution >= 0.6 is 15.9 Å². The molecule has 0 saturated heterocycles. The Labute approximate surface area is 85.5 Å². The molecule has 0 fully saturated rings. The molecule has 0 amide bonds. The van der Waals surface area contributed by atoms with Gasteiger partial charge in [-0.25, -0.2) is 4.39 Å². The maximum absolute atomic E-state index is 13.4. The van der Waals surface area contributed by atoms with Crippen molar-refractivity contribution < 1.29 is 4.39 Å². The van der Waals surface area contributed by atoms with E-state index in [1.165, 1.54) is 6.07 Å². The molecule has 0 radical (unpaired) electrons. The lowest BCUT2D eigenvalue weighted by Crippen LogP contribution is -2.29. The van der Waals surface area contributed by atoms with E-state index in [0.29, 0.717) is 0 Å². The van der Waals surface area contributed by atoms with E-state index in [1.54, 1.807) is 6.07 Å². The highest BCUT2D eigenvalue weighted by Gasteiger charge is 2.21. The van der Waals surface area contributed by atoms with Gasteiger partial charge in [-0.05, 0) is 37.6 Å². The van der Waals surface area contributed by atoms with Crippen LogP contribution in [0.4, 0.5) is 4.39 Å². The van der Waals surface area contributed by atoms with Crippen LogP contribution in [-0.2, 0) is 6.42 Å². The van der Waals surface area contributed by atoms with Crippen molar-refractivity contribution in [2.45, 2.75) is 19.4 Å². The first kappa shape index (κ1) is 9.16. The van der Waals surface area contributed by atoms with Crippen LogP contribution in [0.15, 0.2) is 16.6 Å². The monoisotopic (exact) mass is 243 g/mol. The normalized spacial score (nSPS) is 21.3. The van der Waals surface area contributed by atoms with Gasteiger partial charge in [0, 0.05) is 16.1 Å². The highest BCUT2D eigenvalue weighted by molar-refractivity contribution is 9.10. The molecule has 0 aromatic heterocycles. The Morgan fingerprint density at radius 3 is 3.00 bits per heavy atom. The van der Waals surface area contributed by atoms with Gasteiger partial charge in [0.25, 0.3) is 0 Å². The van der Waals surface area contributed by atoms with Crippen molar-refractivity contribution in [3.8, 4) is 0 Å². The van der Waals surface area contributed by atoms with E-state index in [1.807, 2.05) is 6.92 Å². The quantitative estimate of drug-likeness (QED) is 0.739. The second kappa shape index (κ2) is 3.39. The molecular weight excluding hydrogens is 233 g/mol. The fourth-order valence-electron chi connectivity index (χ4n) is 1.85. The Morgan fingerprint density at radius 2 is 2.31 bits per heavy atom. The molecule has 1 aliphatic heterocycles. The molecule has 0 spiro atoms. The molecule has 1 heterocycles. The standard InChI is InChI=1S/C10H11BrFN/c1-6-10-7(4-5-13-6)8(11)2-3-9(10)12/h2-3,6,13H,4-5H2,1H3. The van der Waals surface area contributed by atoms with E-state index in [9.17, 15) is 4.39 Å². The van der Waals surface area contributed by atoms with Gasteiger partial charge in [-0.15, -0.1) is 0 Å². The van der Waals surface area contributed by atoms with Crippen LogP contribution in [0.1, 0.15) is 24.1 Å². The molecule has 70 valence electrons. The summed E-state index contributed by atoms with van der Waals surface area (Å²) in [4.78, 5) is 0. The topological polar surface area (TPSA) is 12.0 Å². The lowest BCUT2D eigenvalue weighted by Gasteiger charge is -2.25. The summed E-state index contributed by atoms with van der Waals surface area (Å²) in [5.74, 6) is -0.0992. The molecule has 1 aromatic rings. The summed E-state index contributed by atoms with van der Waals surface area (Å²) in [6.45, 7) is 2.92. The average molecular weight is 244 g/mol. The number of fused-ring (bicyclic) bond motifs is 1. The van der Waals surface area contributed by atoms with Crippen molar-refractivity contribution in [1.82, 2.24) is 5.32 Å². The van der Waals surface area contributed by atoms with Crippen LogP contribution in [0.25, 0.3) is 0 Å². The van der Waals surface area contributed by atoms with Crippen LogP contribution in [0.5, 0.6) is 0 Å². The zero-order chi connectivity index (χ0) is 9.42. The smallest absolute Gasteiger partial charge is 0.128 e. The Balaban J connectivity index is 2.60. The third kappa shape index (κ3) is 1.51. The van der Waals surface area contributed by atoms with E-state index >= 15 is 0 Å². The highest BCUT2D eigenvalue weighted by Crippen LogP contribution is 2.30. The van der Waals surface area contributed by atoms with Gasteiger partial charge in [-0.1, -0.05) is 15.9 Å². The lowest BCUT2D eigenvalue weighted by molar-refractivity contribution is 0.498. The molecule has 3 heteroatoms.